The number of alkyl halides is 1. The Morgan fingerprint density at radius 3 is 2.65 bits per heavy atom. The van der Waals surface area contributed by atoms with E-state index in [1.54, 1.807) is 0 Å². The van der Waals surface area contributed by atoms with Crippen molar-refractivity contribution in [2.45, 2.75) is 0 Å². The Bertz CT molecular complexity index is 438. The second-order valence-electron chi connectivity index (χ2n) is 3.06. The molecule has 0 saturated heterocycles. The van der Waals surface area contributed by atoms with E-state index >= 15 is 0 Å². The number of amides is 2. The number of carbonyl (C=O) groups is 2. The lowest BCUT2D eigenvalue weighted by Crippen LogP contribution is -2.30. The van der Waals surface area contributed by atoms with Gasteiger partial charge < -0.3 is 15.7 Å². The molecule has 5 nitrogen and oxygen atoms in total. The Hall–Kier alpha value is -1.46. The van der Waals surface area contributed by atoms with Crippen molar-refractivity contribution >= 4 is 40.9 Å². The first kappa shape index (κ1) is 13.6. The van der Waals surface area contributed by atoms with E-state index in [1.807, 2.05) is 0 Å². The van der Waals surface area contributed by atoms with E-state index in [-0.39, 0.29) is 23.7 Å². The first-order valence-corrected chi connectivity index (χ1v) is 5.59. The summed E-state index contributed by atoms with van der Waals surface area (Å²) in [5.74, 6) is -0.872. The van der Waals surface area contributed by atoms with E-state index < -0.39 is 12.0 Å². The van der Waals surface area contributed by atoms with Gasteiger partial charge in [0.2, 0.25) is 0 Å². The van der Waals surface area contributed by atoms with Crippen LogP contribution in [0.3, 0.4) is 0 Å². The fourth-order valence-corrected chi connectivity index (χ4v) is 1.40. The molecule has 0 aliphatic carbocycles. The number of urea groups is 1. The summed E-state index contributed by atoms with van der Waals surface area (Å²) in [7, 11) is 0. The van der Waals surface area contributed by atoms with Gasteiger partial charge in [-0.3, -0.25) is 0 Å². The van der Waals surface area contributed by atoms with E-state index in [9.17, 15) is 9.59 Å². The fourth-order valence-electron chi connectivity index (χ4n) is 1.13. The molecular weight excluding hydrogens is 267 g/mol. The molecule has 0 radical (unpaired) electrons. The summed E-state index contributed by atoms with van der Waals surface area (Å²) in [6.45, 7) is 0.288. The molecular formula is C10H10Cl2N2O3. The average molecular weight is 277 g/mol. The zero-order valence-electron chi connectivity index (χ0n) is 8.67. The lowest BCUT2D eigenvalue weighted by atomic mass is 10.2. The third kappa shape index (κ3) is 4.13. The molecule has 7 heteroatoms. The van der Waals surface area contributed by atoms with Gasteiger partial charge >= 0.3 is 12.0 Å². The predicted molar refractivity (Wildman–Crippen MR) is 66.2 cm³/mol. The summed E-state index contributed by atoms with van der Waals surface area (Å²) in [5, 5.41) is 14.1. The van der Waals surface area contributed by atoms with Gasteiger partial charge in [-0.05, 0) is 18.2 Å². The van der Waals surface area contributed by atoms with E-state index in [0.717, 1.165) is 0 Å². The SMILES string of the molecule is O=C(NCCCl)Nc1cc(Cl)ccc1C(=O)O. The minimum Gasteiger partial charge on any atom is -0.478 e. The second-order valence-corrected chi connectivity index (χ2v) is 3.88. The predicted octanol–water partition coefficient (Wildman–Crippen LogP) is 2.40. The molecule has 0 aliphatic rings. The number of halogens is 2. The molecule has 0 atom stereocenters. The summed E-state index contributed by atoms with van der Waals surface area (Å²) in [5.41, 5.74) is 0.104. The topological polar surface area (TPSA) is 78.4 Å². The number of benzene rings is 1. The van der Waals surface area contributed by atoms with Gasteiger partial charge in [-0.2, -0.15) is 0 Å². The Kier molecular flexibility index (Phi) is 5.06. The molecule has 0 aromatic heterocycles. The molecule has 17 heavy (non-hydrogen) atoms. The van der Waals surface area contributed by atoms with Crippen molar-refractivity contribution in [3.05, 3.63) is 28.8 Å². The second kappa shape index (κ2) is 6.32. The number of carboxylic acids is 1. The standard InChI is InChI=1S/C10H10Cl2N2O3/c11-3-4-13-10(17)14-8-5-6(12)1-2-7(8)9(15)16/h1-2,5H,3-4H2,(H,15,16)(H2,13,14,17). The van der Waals surface area contributed by atoms with Crippen LogP contribution in [0.2, 0.25) is 5.02 Å². The molecule has 92 valence electrons. The maximum absolute atomic E-state index is 11.3. The van der Waals surface area contributed by atoms with Crippen molar-refractivity contribution in [1.29, 1.82) is 0 Å². The summed E-state index contributed by atoms with van der Waals surface area (Å²) in [4.78, 5) is 22.2. The van der Waals surface area contributed by atoms with Crippen molar-refractivity contribution in [3.63, 3.8) is 0 Å². The molecule has 2 amide bonds. The van der Waals surface area contributed by atoms with Crippen LogP contribution in [-0.2, 0) is 0 Å². The molecule has 0 fully saturated rings. The van der Waals surface area contributed by atoms with E-state index in [4.69, 9.17) is 28.3 Å². The highest BCUT2D eigenvalue weighted by Crippen LogP contribution is 2.20. The first-order valence-electron chi connectivity index (χ1n) is 4.68. The van der Waals surface area contributed by atoms with Crippen molar-refractivity contribution in [3.8, 4) is 0 Å². The van der Waals surface area contributed by atoms with Gasteiger partial charge in [-0.1, -0.05) is 11.6 Å². The van der Waals surface area contributed by atoms with Crippen LogP contribution in [0.1, 0.15) is 10.4 Å². The lowest BCUT2D eigenvalue weighted by molar-refractivity contribution is 0.0698. The zero-order chi connectivity index (χ0) is 12.8. The van der Waals surface area contributed by atoms with Crippen molar-refractivity contribution in [2.75, 3.05) is 17.7 Å². The molecule has 1 aromatic carbocycles. The summed E-state index contributed by atoms with van der Waals surface area (Å²) in [6.07, 6.45) is 0. The molecule has 1 rings (SSSR count). The Balaban J connectivity index is 2.85. The van der Waals surface area contributed by atoms with Crippen LogP contribution in [0, 0.1) is 0 Å². The van der Waals surface area contributed by atoms with Gasteiger partial charge in [0.25, 0.3) is 0 Å². The summed E-state index contributed by atoms with van der Waals surface area (Å²) < 4.78 is 0. The van der Waals surface area contributed by atoms with Crippen molar-refractivity contribution in [1.82, 2.24) is 5.32 Å². The van der Waals surface area contributed by atoms with Gasteiger partial charge in [0.1, 0.15) is 0 Å². The third-order valence-corrected chi connectivity index (χ3v) is 2.26. The normalized spacial score (nSPS) is 9.76. The Morgan fingerprint density at radius 2 is 2.06 bits per heavy atom. The molecule has 0 aliphatic heterocycles. The average Bonchev–Trinajstić information content (AvgIpc) is 2.26. The third-order valence-electron chi connectivity index (χ3n) is 1.84. The quantitative estimate of drug-likeness (QED) is 0.739. The summed E-state index contributed by atoms with van der Waals surface area (Å²) >= 11 is 11.1. The minimum atomic E-state index is -1.14. The number of rotatable bonds is 4. The zero-order valence-corrected chi connectivity index (χ0v) is 10.2. The highest BCUT2D eigenvalue weighted by molar-refractivity contribution is 6.31. The first-order chi connectivity index (χ1) is 8.04. The maximum Gasteiger partial charge on any atom is 0.337 e. The molecule has 0 saturated carbocycles. The van der Waals surface area contributed by atoms with Crippen LogP contribution < -0.4 is 10.6 Å². The molecule has 0 unspecified atom stereocenters. The van der Waals surface area contributed by atoms with Crippen LogP contribution in [0.25, 0.3) is 0 Å². The van der Waals surface area contributed by atoms with Crippen molar-refractivity contribution < 1.29 is 14.7 Å². The van der Waals surface area contributed by atoms with Crippen LogP contribution in [0.5, 0.6) is 0 Å². The summed E-state index contributed by atoms with van der Waals surface area (Å²) in [6, 6.07) is 3.59. The molecule has 0 spiro atoms. The van der Waals surface area contributed by atoms with Crippen LogP contribution in [-0.4, -0.2) is 29.5 Å². The highest BCUT2D eigenvalue weighted by Gasteiger charge is 2.12. The number of carbonyl (C=O) groups excluding carboxylic acids is 1. The molecule has 1 aromatic rings. The van der Waals surface area contributed by atoms with Gasteiger partial charge in [0, 0.05) is 17.4 Å². The van der Waals surface area contributed by atoms with E-state index in [0.29, 0.717) is 5.02 Å². The monoisotopic (exact) mass is 276 g/mol. The molecule has 3 N–H and O–H groups in total. The smallest absolute Gasteiger partial charge is 0.337 e. The number of hydrogen-bond donors (Lipinski definition) is 3. The Morgan fingerprint density at radius 1 is 1.35 bits per heavy atom. The van der Waals surface area contributed by atoms with Crippen LogP contribution >= 0.6 is 23.2 Å². The number of carboxylic acid groups (broad SMARTS) is 1. The number of hydrogen-bond acceptors (Lipinski definition) is 2. The fraction of sp³-hybridized carbons (Fsp3) is 0.200. The van der Waals surface area contributed by atoms with Crippen LogP contribution in [0.4, 0.5) is 10.5 Å². The van der Waals surface area contributed by atoms with Gasteiger partial charge in [0.15, 0.2) is 0 Å². The molecule has 0 bridgehead atoms. The minimum absolute atomic E-state index is 0.0320. The Labute approximate surface area is 108 Å². The van der Waals surface area contributed by atoms with Crippen LogP contribution in [0.15, 0.2) is 18.2 Å². The number of anilines is 1. The lowest BCUT2D eigenvalue weighted by Gasteiger charge is -2.09. The van der Waals surface area contributed by atoms with Gasteiger partial charge in [0.05, 0.1) is 11.3 Å². The largest absolute Gasteiger partial charge is 0.478 e. The maximum atomic E-state index is 11.3. The van der Waals surface area contributed by atoms with E-state index in [1.165, 1.54) is 18.2 Å². The number of aromatic carboxylic acids is 1. The molecule has 0 heterocycles. The van der Waals surface area contributed by atoms with Crippen molar-refractivity contribution in [2.24, 2.45) is 0 Å². The highest BCUT2D eigenvalue weighted by atomic mass is 35.5. The van der Waals surface area contributed by atoms with Gasteiger partial charge in [-0.25, -0.2) is 9.59 Å². The van der Waals surface area contributed by atoms with E-state index in [2.05, 4.69) is 10.6 Å². The van der Waals surface area contributed by atoms with Gasteiger partial charge in [-0.15, -0.1) is 11.6 Å². The number of nitrogens with one attached hydrogen (secondary N) is 2.